The molecule has 0 bridgehead atoms. The van der Waals surface area contributed by atoms with E-state index in [2.05, 4.69) is 36.9 Å². The van der Waals surface area contributed by atoms with Gasteiger partial charge >= 0.3 is 8.80 Å². The molecular weight excluding hydrogens is 240 g/mol. The number of rotatable bonds is 6. The third kappa shape index (κ3) is 2.98. The lowest BCUT2D eigenvalue weighted by molar-refractivity contribution is 0.114. The van der Waals surface area contributed by atoms with E-state index < -0.39 is 8.80 Å². The maximum atomic E-state index is 5.47. The Bertz CT molecular complexity index is 268. The molecule has 0 saturated carbocycles. The van der Waals surface area contributed by atoms with Crippen LogP contribution in [0.4, 0.5) is 0 Å². The average Bonchev–Trinajstić information content (AvgIpc) is 2.37. The highest BCUT2D eigenvalue weighted by Gasteiger charge is 2.45. The SMILES string of the molecule is CO[Si](CC1(CS)C=CC=CC1)(OC)OC. The van der Waals surface area contributed by atoms with Gasteiger partial charge in [-0.15, -0.1) is 0 Å². The third-order valence-corrected chi connectivity index (χ3v) is 6.67. The monoisotopic (exact) mass is 260 g/mol. The zero-order valence-corrected chi connectivity index (χ0v) is 12.0. The van der Waals surface area contributed by atoms with Crippen molar-refractivity contribution in [1.29, 1.82) is 0 Å². The summed E-state index contributed by atoms with van der Waals surface area (Å²) >= 11 is 4.45. The summed E-state index contributed by atoms with van der Waals surface area (Å²) in [5, 5.41) is 0. The normalized spacial score (nSPS) is 25.0. The summed E-state index contributed by atoms with van der Waals surface area (Å²) in [6.45, 7) is 0. The molecule has 0 radical (unpaired) electrons. The second-order valence-corrected chi connectivity index (χ2v) is 7.24. The molecule has 1 unspecified atom stereocenters. The van der Waals surface area contributed by atoms with Crippen molar-refractivity contribution in [3.63, 3.8) is 0 Å². The van der Waals surface area contributed by atoms with Gasteiger partial charge in [0.05, 0.1) is 0 Å². The van der Waals surface area contributed by atoms with E-state index in [0.717, 1.165) is 18.2 Å². The fourth-order valence-corrected chi connectivity index (χ4v) is 4.65. The standard InChI is InChI=1S/C11H20O3SSi/c1-12-16(13-2,14-3)10-11(9-15)7-5-4-6-8-11/h4-7,15H,8-10H2,1-3H3. The van der Waals surface area contributed by atoms with Gasteiger partial charge in [-0.25, -0.2) is 0 Å². The second kappa shape index (κ2) is 6.02. The van der Waals surface area contributed by atoms with Crippen LogP contribution in [0, 0.1) is 5.41 Å². The molecule has 1 aliphatic carbocycles. The van der Waals surface area contributed by atoms with Crippen molar-refractivity contribution in [2.75, 3.05) is 27.1 Å². The molecule has 0 aliphatic heterocycles. The number of thiol groups is 1. The van der Waals surface area contributed by atoms with Gasteiger partial charge in [-0.3, -0.25) is 0 Å². The summed E-state index contributed by atoms with van der Waals surface area (Å²) in [5.74, 6) is 0.763. The Labute approximate surface area is 104 Å². The van der Waals surface area contributed by atoms with E-state index in [1.54, 1.807) is 21.3 Å². The van der Waals surface area contributed by atoms with Gasteiger partial charge in [0.2, 0.25) is 0 Å². The van der Waals surface area contributed by atoms with Crippen LogP contribution in [0.25, 0.3) is 0 Å². The van der Waals surface area contributed by atoms with Gasteiger partial charge in [0.1, 0.15) is 0 Å². The number of hydrogen-bond acceptors (Lipinski definition) is 4. The number of hydrogen-bond donors (Lipinski definition) is 1. The molecule has 1 atom stereocenters. The van der Waals surface area contributed by atoms with Crippen LogP contribution in [0.5, 0.6) is 0 Å². The molecule has 16 heavy (non-hydrogen) atoms. The van der Waals surface area contributed by atoms with Crippen molar-refractivity contribution >= 4 is 21.4 Å². The van der Waals surface area contributed by atoms with E-state index in [0.29, 0.717) is 0 Å². The van der Waals surface area contributed by atoms with Gasteiger partial charge in [0.25, 0.3) is 0 Å². The van der Waals surface area contributed by atoms with Gasteiger partial charge in [-0.1, -0.05) is 24.3 Å². The molecule has 1 aliphatic rings. The maximum absolute atomic E-state index is 5.47. The van der Waals surface area contributed by atoms with Crippen molar-refractivity contribution in [3.05, 3.63) is 24.3 Å². The van der Waals surface area contributed by atoms with E-state index in [1.165, 1.54) is 0 Å². The molecule has 5 heteroatoms. The molecule has 0 fully saturated rings. The predicted octanol–water partition coefficient (Wildman–Crippen LogP) is 2.30. The summed E-state index contributed by atoms with van der Waals surface area (Å²) < 4.78 is 16.4. The molecular formula is C11H20O3SSi. The second-order valence-electron chi connectivity index (χ2n) is 3.98. The Morgan fingerprint density at radius 1 is 1.19 bits per heavy atom. The van der Waals surface area contributed by atoms with Crippen LogP contribution in [0.2, 0.25) is 6.04 Å². The van der Waals surface area contributed by atoms with Crippen molar-refractivity contribution in [2.24, 2.45) is 5.41 Å². The molecule has 0 saturated heterocycles. The Balaban J connectivity index is 2.82. The van der Waals surface area contributed by atoms with Crippen LogP contribution in [0.1, 0.15) is 6.42 Å². The first kappa shape index (κ1) is 14.0. The topological polar surface area (TPSA) is 27.7 Å². The lowest BCUT2D eigenvalue weighted by Crippen LogP contribution is -2.47. The Morgan fingerprint density at radius 2 is 1.81 bits per heavy atom. The first-order valence-electron chi connectivity index (χ1n) is 5.26. The molecule has 3 nitrogen and oxygen atoms in total. The van der Waals surface area contributed by atoms with Crippen LogP contribution in [-0.4, -0.2) is 35.9 Å². The van der Waals surface area contributed by atoms with Crippen LogP contribution in [-0.2, 0) is 13.3 Å². The first-order valence-corrected chi connectivity index (χ1v) is 7.83. The van der Waals surface area contributed by atoms with Gasteiger partial charge in [0.15, 0.2) is 0 Å². The fraction of sp³-hybridized carbons (Fsp3) is 0.636. The third-order valence-electron chi connectivity index (χ3n) is 3.04. The van der Waals surface area contributed by atoms with Crippen molar-refractivity contribution in [1.82, 2.24) is 0 Å². The number of allylic oxidation sites excluding steroid dienone is 4. The molecule has 0 aromatic carbocycles. The maximum Gasteiger partial charge on any atom is 0.501 e. The smallest absolute Gasteiger partial charge is 0.377 e. The lowest BCUT2D eigenvalue weighted by Gasteiger charge is -2.36. The van der Waals surface area contributed by atoms with E-state index in [4.69, 9.17) is 13.3 Å². The minimum atomic E-state index is -2.53. The summed E-state index contributed by atoms with van der Waals surface area (Å²) in [6.07, 6.45) is 9.39. The van der Waals surface area contributed by atoms with Gasteiger partial charge in [-0.2, -0.15) is 12.6 Å². The van der Waals surface area contributed by atoms with E-state index >= 15 is 0 Å². The summed E-state index contributed by atoms with van der Waals surface area (Å²) in [4.78, 5) is 0. The van der Waals surface area contributed by atoms with Crippen LogP contribution in [0.3, 0.4) is 0 Å². The van der Waals surface area contributed by atoms with Crippen molar-refractivity contribution in [3.8, 4) is 0 Å². The van der Waals surface area contributed by atoms with Gasteiger partial charge in [-0.05, 0) is 12.2 Å². The molecule has 0 aromatic rings. The zero-order chi connectivity index (χ0) is 12.1. The lowest BCUT2D eigenvalue weighted by atomic mass is 9.85. The molecule has 92 valence electrons. The van der Waals surface area contributed by atoms with Gasteiger partial charge in [0, 0.05) is 32.8 Å². The van der Waals surface area contributed by atoms with E-state index in [1.807, 2.05) is 0 Å². The van der Waals surface area contributed by atoms with Gasteiger partial charge < -0.3 is 13.3 Å². The summed E-state index contributed by atoms with van der Waals surface area (Å²) in [6, 6.07) is 0.758. The zero-order valence-electron chi connectivity index (χ0n) is 10.1. The summed E-state index contributed by atoms with van der Waals surface area (Å²) in [7, 11) is 2.41. The van der Waals surface area contributed by atoms with E-state index in [9.17, 15) is 0 Å². The quantitative estimate of drug-likeness (QED) is 0.586. The minimum absolute atomic E-state index is 0.00782. The molecule has 0 amide bonds. The Morgan fingerprint density at radius 3 is 2.19 bits per heavy atom. The summed E-state index contributed by atoms with van der Waals surface area (Å²) in [5.41, 5.74) is -0.00782. The first-order chi connectivity index (χ1) is 7.66. The molecule has 0 N–H and O–H groups in total. The minimum Gasteiger partial charge on any atom is -0.377 e. The highest BCUT2D eigenvalue weighted by molar-refractivity contribution is 7.80. The van der Waals surface area contributed by atoms with Crippen molar-refractivity contribution in [2.45, 2.75) is 12.5 Å². The predicted molar refractivity (Wildman–Crippen MR) is 70.8 cm³/mol. The fourth-order valence-electron chi connectivity index (χ4n) is 1.91. The van der Waals surface area contributed by atoms with Crippen LogP contribution >= 0.6 is 12.6 Å². The largest absolute Gasteiger partial charge is 0.501 e. The van der Waals surface area contributed by atoms with Crippen LogP contribution in [0.15, 0.2) is 24.3 Å². The Hall–Kier alpha value is -0.0731. The van der Waals surface area contributed by atoms with Crippen molar-refractivity contribution < 1.29 is 13.3 Å². The molecule has 1 rings (SSSR count). The molecule has 0 aromatic heterocycles. The molecule has 0 heterocycles. The Kier molecular flexibility index (Phi) is 5.27. The highest BCUT2D eigenvalue weighted by atomic mass is 32.1. The highest BCUT2D eigenvalue weighted by Crippen LogP contribution is 2.38. The van der Waals surface area contributed by atoms with Crippen LogP contribution < -0.4 is 0 Å². The van der Waals surface area contributed by atoms with E-state index in [-0.39, 0.29) is 5.41 Å². The average molecular weight is 260 g/mol. The molecule has 0 spiro atoms.